The number of carbonyl (C=O) groups excluding carboxylic acids is 1. The molecular weight excluding hydrogens is 292 g/mol. The van der Waals surface area contributed by atoms with Gasteiger partial charge in [0.25, 0.3) is 0 Å². The van der Waals surface area contributed by atoms with Crippen LogP contribution in [0.25, 0.3) is 10.9 Å². The molecule has 2 N–H and O–H groups in total. The van der Waals surface area contributed by atoms with Crippen molar-refractivity contribution in [1.29, 1.82) is 0 Å². The highest BCUT2D eigenvalue weighted by Gasteiger charge is 2.41. The van der Waals surface area contributed by atoms with Crippen molar-refractivity contribution in [3.63, 3.8) is 0 Å². The first-order valence-electron chi connectivity index (χ1n) is 7.97. The maximum atomic E-state index is 12.4. The minimum absolute atomic E-state index is 0.0389. The van der Waals surface area contributed by atoms with Gasteiger partial charge in [0.05, 0.1) is 5.41 Å². The molecule has 0 aliphatic carbocycles. The van der Waals surface area contributed by atoms with E-state index in [-0.39, 0.29) is 5.91 Å². The molecule has 5 nitrogen and oxygen atoms in total. The highest BCUT2D eigenvalue weighted by Crippen LogP contribution is 2.30. The third-order valence-corrected chi connectivity index (χ3v) is 4.87. The van der Waals surface area contributed by atoms with E-state index in [1.165, 1.54) is 5.56 Å². The summed E-state index contributed by atoms with van der Waals surface area (Å²) >= 11 is 0. The molecule has 0 spiro atoms. The second-order valence-corrected chi connectivity index (χ2v) is 6.79. The lowest BCUT2D eigenvalue weighted by Crippen LogP contribution is -2.34. The average Bonchev–Trinajstić information content (AvgIpc) is 3.09. The van der Waals surface area contributed by atoms with Gasteiger partial charge in [0.2, 0.25) is 5.91 Å². The van der Waals surface area contributed by atoms with Gasteiger partial charge in [0.15, 0.2) is 0 Å². The first kappa shape index (κ1) is 15.6. The zero-order valence-corrected chi connectivity index (χ0v) is 13.6. The Bertz CT molecular complexity index is 765. The van der Waals surface area contributed by atoms with Crippen LogP contribution in [0.15, 0.2) is 24.4 Å². The number of benzene rings is 1. The Morgan fingerprint density at radius 1 is 1.39 bits per heavy atom. The Labute approximate surface area is 135 Å². The van der Waals surface area contributed by atoms with Crippen LogP contribution in [0.3, 0.4) is 0 Å². The van der Waals surface area contributed by atoms with Crippen LogP contribution in [0.1, 0.15) is 30.9 Å². The fraction of sp³-hybridized carbons (Fsp3) is 0.444. The van der Waals surface area contributed by atoms with Gasteiger partial charge in [0.1, 0.15) is 0 Å². The Hall–Kier alpha value is -2.30. The van der Waals surface area contributed by atoms with E-state index < -0.39 is 11.4 Å². The Balaban J connectivity index is 1.65. The standard InChI is InChI=1S/C18H22N2O3/c1-12-3-5-15-14(9-12)13(10-19-15)4-6-16(21)20-8-7-18(2,11-20)17(22)23/h3,5,9-10,19H,4,6-8,11H2,1-2H3,(H,22,23). The van der Waals surface area contributed by atoms with Gasteiger partial charge >= 0.3 is 5.97 Å². The summed E-state index contributed by atoms with van der Waals surface area (Å²) in [7, 11) is 0. The lowest BCUT2D eigenvalue weighted by atomic mass is 9.90. The van der Waals surface area contributed by atoms with Crippen molar-refractivity contribution >= 4 is 22.8 Å². The fourth-order valence-corrected chi connectivity index (χ4v) is 3.25. The zero-order chi connectivity index (χ0) is 16.6. The number of amides is 1. The monoisotopic (exact) mass is 314 g/mol. The van der Waals surface area contributed by atoms with E-state index in [1.54, 1.807) is 11.8 Å². The molecule has 23 heavy (non-hydrogen) atoms. The highest BCUT2D eigenvalue weighted by molar-refractivity contribution is 5.85. The quantitative estimate of drug-likeness (QED) is 0.911. The Morgan fingerprint density at radius 2 is 2.17 bits per heavy atom. The molecule has 1 aromatic carbocycles. The predicted molar refractivity (Wildman–Crippen MR) is 88.3 cm³/mol. The van der Waals surface area contributed by atoms with E-state index in [4.69, 9.17) is 0 Å². The van der Waals surface area contributed by atoms with Gasteiger partial charge in [-0.05, 0) is 44.4 Å². The minimum atomic E-state index is -0.820. The van der Waals surface area contributed by atoms with Gasteiger partial charge in [-0.25, -0.2) is 0 Å². The van der Waals surface area contributed by atoms with Crippen LogP contribution in [-0.2, 0) is 16.0 Å². The third-order valence-electron chi connectivity index (χ3n) is 4.87. The summed E-state index contributed by atoms with van der Waals surface area (Å²) in [6.07, 6.45) is 3.57. The van der Waals surface area contributed by atoms with E-state index >= 15 is 0 Å². The van der Waals surface area contributed by atoms with Crippen molar-refractivity contribution in [3.8, 4) is 0 Å². The van der Waals surface area contributed by atoms with Gasteiger partial charge in [-0.3, -0.25) is 9.59 Å². The number of hydrogen-bond donors (Lipinski definition) is 2. The maximum Gasteiger partial charge on any atom is 0.311 e. The number of carbonyl (C=O) groups is 2. The molecule has 1 unspecified atom stereocenters. The first-order valence-corrected chi connectivity index (χ1v) is 7.97. The zero-order valence-electron chi connectivity index (χ0n) is 13.6. The van der Waals surface area contributed by atoms with Crippen molar-refractivity contribution in [3.05, 3.63) is 35.5 Å². The van der Waals surface area contributed by atoms with E-state index in [0.717, 1.165) is 16.5 Å². The van der Waals surface area contributed by atoms with Crippen LogP contribution in [-0.4, -0.2) is 40.0 Å². The smallest absolute Gasteiger partial charge is 0.311 e. The van der Waals surface area contributed by atoms with Crippen molar-refractivity contribution < 1.29 is 14.7 Å². The number of H-pyrrole nitrogens is 1. The van der Waals surface area contributed by atoms with Crippen molar-refractivity contribution in [2.45, 2.75) is 33.1 Å². The third kappa shape index (κ3) is 2.96. The number of likely N-dealkylation sites (tertiary alicyclic amines) is 1. The summed E-state index contributed by atoms with van der Waals surface area (Å²) in [5.74, 6) is -0.781. The molecule has 1 atom stereocenters. The van der Waals surface area contributed by atoms with Crippen molar-refractivity contribution in [1.82, 2.24) is 9.88 Å². The summed E-state index contributed by atoms with van der Waals surface area (Å²) in [5, 5.41) is 10.4. The molecule has 1 fully saturated rings. The number of aromatic amines is 1. The summed E-state index contributed by atoms with van der Waals surface area (Å²) in [5.41, 5.74) is 2.62. The lowest BCUT2D eigenvalue weighted by Gasteiger charge is -2.20. The molecule has 1 saturated heterocycles. The number of carboxylic acids is 1. The van der Waals surface area contributed by atoms with Gasteiger partial charge in [0, 0.05) is 36.6 Å². The summed E-state index contributed by atoms with van der Waals surface area (Å²) in [6, 6.07) is 6.24. The van der Waals surface area contributed by atoms with Gasteiger partial charge in [-0.15, -0.1) is 0 Å². The molecule has 1 aromatic heterocycles. The van der Waals surface area contributed by atoms with E-state index in [9.17, 15) is 14.7 Å². The number of aromatic nitrogens is 1. The molecule has 1 aliphatic heterocycles. The molecular formula is C18H22N2O3. The summed E-state index contributed by atoms with van der Waals surface area (Å²) in [6.45, 7) is 4.62. The number of aliphatic carboxylic acids is 1. The molecule has 2 aromatic rings. The molecule has 1 aliphatic rings. The van der Waals surface area contributed by atoms with Gasteiger partial charge in [-0.2, -0.15) is 0 Å². The molecule has 5 heteroatoms. The molecule has 0 bridgehead atoms. The summed E-state index contributed by atoms with van der Waals surface area (Å²) in [4.78, 5) is 28.6. The summed E-state index contributed by atoms with van der Waals surface area (Å²) < 4.78 is 0. The van der Waals surface area contributed by atoms with Crippen molar-refractivity contribution in [2.75, 3.05) is 13.1 Å². The first-order chi connectivity index (χ1) is 10.9. The van der Waals surface area contributed by atoms with E-state index in [0.29, 0.717) is 32.4 Å². The predicted octanol–water partition coefficient (Wildman–Crippen LogP) is 2.73. The van der Waals surface area contributed by atoms with Crippen LogP contribution >= 0.6 is 0 Å². The number of nitrogens with one attached hydrogen (secondary N) is 1. The van der Waals surface area contributed by atoms with E-state index in [2.05, 4.69) is 30.1 Å². The lowest BCUT2D eigenvalue weighted by molar-refractivity contribution is -0.147. The highest BCUT2D eigenvalue weighted by atomic mass is 16.4. The van der Waals surface area contributed by atoms with Gasteiger partial charge in [-0.1, -0.05) is 11.6 Å². The molecule has 0 radical (unpaired) electrons. The van der Waals surface area contributed by atoms with E-state index in [1.807, 2.05) is 6.20 Å². The number of hydrogen-bond acceptors (Lipinski definition) is 2. The minimum Gasteiger partial charge on any atom is -0.481 e. The molecule has 1 amide bonds. The number of fused-ring (bicyclic) bond motifs is 1. The molecule has 0 saturated carbocycles. The number of nitrogens with zero attached hydrogens (tertiary/aromatic N) is 1. The topological polar surface area (TPSA) is 73.4 Å². The maximum absolute atomic E-state index is 12.4. The van der Waals surface area contributed by atoms with Gasteiger partial charge < -0.3 is 15.0 Å². The second-order valence-electron chi connectivity index (χ2n) is 6.79. The Kier molecular flexibility index (Phi) is 3.88. The van der Waals surface area contributed by atoms with Crippen LogP contribution in [0, 0.1) is 12.3 Å². The average molecular weight is 314 g/mol. The largest absolute Gasteiger partial charge is 0.481 e. The van der Waals surface area contributed by atoms with Crippen molar-refractivity contribution in [2.24, 2.45) is 5.41 Å². The number of carboxylic acid groups (broad SMARTS) is 1. The second kappa shape index (κ2) is 5.72. The molecule has 2 heterocycles. The normalized spacial score (nSPS) is 21.0. The fourth-order valence-electron chi connectivity index (χ4n) is 3.25. The van der Waals surface area contributed by atoms with Crippen LogP contribution < -0.4 is 0 Å². The number of aryl methyl sites for hydroxylation is 2. The molecule has 3 rings (SSSR count). The van der Waals surface area contributed by atoms with Crippen LogP contribution in [0.2, 0.25) is 0 Å². The Morgan fingerprint density at radius 3 is 2.87 bits per heavy atom. The number of rotatable bonds is 4. The SMILES string of the molecule is Cc1ccc2[nH]cc(CCC(=O)N3CCC(C)(C(=O)O)C3)c2c1. The molecule has 122 valence electrons. The van der Waals surface area contributed by atoms with Crippen LogP contribution in [0.5, 0.6) is 0 Å². The van der Waals surface area contributed by atoms with Crippen LogP contribution in [0.4, 0.5) is 0 Å².